The molecule has 1 aromatic carbocycles. The number of halogens is 2. The Labute approximate surface area is 130 Å². The summed E-state index contributed by atoms with van der Waals surface area (Å²) in [6.07, 6.45) is 1.03. The lowest BCUT2D eigenvalue weighted by molar-refractivity contribution is 0.0642. The standard InChI is InChI=1S/C15H19FN2O2.ClH/c1-20-14-3-2-10(6-13(14)16)15(19)18-5-4-11-7-17-8-12(11)9-18;/h2-3,6,11-12,17H,4-5,7-9H2,1H3;1H. The first-order valence-electron chi connectivity index (χ1n) is 7.02. The third-order valence-corrected chi connectivity index (χ3v) is 4.39. The van der Waals surface area contributed by atoms with Crippen molar-refractivity contribution >= 4 is 18.3 Å². The van der Waals surface area contributed by atoms with Gasteiger partial charge in [0.25, 0.3) is 5.91 Å². The van der Waals surface area contributed by atoms with E-state index in [1.54, 1.807) is 6.07 Å². The molecule has 2 fully saturated rings. The molecule has 3 rings (SSSR count). The van der Waals surface area contributed by atoms with Gasteiger partial charge in [0.1, 0.15) is 0 Å². The van der Waals surface area contributed by atoms with E-state index in [0.29, 0.717) is 17.4 Å². The Hall–Kier alpha value is -1.33. The summed E-state index contributed by atoms with van der Waals surface area (Å²) in [6.45, 7) is 3.56. The molecule has 0 bridgehead atoms. The number of piperidine rings is 1. The number of hydrogen-bond donors (Lipinski definition) is 1. The third kappa shape index (κ3) is 3.14. The Morgan fingerprint density at radius 2 is 2.14 bits per heavy atom. The van der Waals surface area contributed by atoms with Crippen molar-refractivity contribution in [1.82, 2.24) is 10.2 Å². The monoisotopic (exact) mass is 314 g/mol. The molecule has 116 valence electrons. The lowest BCUT2D eigenvalue weighted by Crippen LogP contribution is -2.43. The summed E-state index contributed by atoms with van der Waals surface area (Å²) in [4.78, 5) is 14.3. The van der Waals surface area contributed by atoms with Crippen LogP contribution in [-0.2, 0) is 0 Å². The van der Waals surface area contributed by atoms with Gasteiger partial charge in [-0.3, -0.25) is 4.79 Å². The molecule has 2 aliphatic heterocycles. The highest BCUT2D eigenvalue weighted by atomic mass is 35.5. The minimum Gasteiger partial charge on any atom is -0.494 e. The minimum atomic E-state index is -0.490. The van der Waals surface area contributed by atoms with Crippen molar-refractivity contribution in [2.24, 2.45) is 11.8 Å². The Bertz CT molecular complexity index is 526. The normalized spacial score (nSPS) is 24.2. The molecule has 2 heterocycles. The summed E-state index contributed by atoms with van der Waals surface area (Å²) in [5, 5.41) is 3.37. The Morgan fingerprint density at radius 3 is 2.86 bits per heavy atom. The molecule has 2 aliphatic rings. The summed E-state index contributed by atoms with van der Waals surface area (Å²) in [5.41, 5.74) is 0.396. The van der Waals surface area contributed by atoms with Gasteiger partial charge in [-0.15, -0.1) is 12.4 Å². The van der Waals surface area contributed by atoms with E-state index in [0.717, 1.165) is 32.6 Å². The van der Waals surface area contributed by atoms with Crippen LogP contribution < -0.4 is 10.1 Å². The summed E-state index contributed by atoms with van der Waals surface area (Å²) in [5.74, 6) is 0.815. The SMILES string of the molecule is COc1ccc(C(=O)N2CCC3CNCC3C2)cc1F.Cl. The zero-order chi connectivity index (χ0) is 14.1. The van der Waals surface area contributed by atoms with Gasteiger partial charge >= 0.3 is 0 Å². The van der Waals surface area contributed by atoms with E-state index in [-0.39, 0.29) is 24.1 Å². The number of methoxy groups -OCH3 is 1. The van der Waals surface area contributed by atoms with Crippen LogP contribution in [0.25, 0.3) is 0 Å². The number of amides is 1. The second-order valence-corrected chi connectivity index (χ2v) is 5.57. The maximum atomic E-state index is 13.7. The van der Waals surface area contributed by atoms with Crippen molar-refractivity contribution < 1.29 is 13.9 Å². The van der Waals surface area contributed by atoms with Gasteiger partial charge in [-0.25, -0.2) is 4.39 Å². The molecule has 2 saturated heterocycles. The third-order valence-electron chi connectivity index (χ3n) is 4.39. The van der Waals surface area contributed by atoms with Crippen molar-refractivity contribution in [1.29, 1.82) is 0 Å². The van der Waals surface area contributed by atoms with Gasteiger partial charge in [0, 0.05) is 18.7 Å². The lowest BCUT2D eigenvalue weighted by Gasteiger charge is -2.34. The second kappa shape index (κ2) is 6.62. The van der Waals surface area contributed by atoms with Crippen LogP contribution in [0.4, 0.5) is 4.39 Å². The van der Waals surface area contributed by atoms with E-state index in [1.807, 2.05) is 4.90 Å². The smallest absolute Gasteiger partial charge is 0.253 e. The first-order chi connectivity index (χ1) is 9.69. The molecule has 21 heavy (non-hydrogen) atoms. The number of nitrogens with zero attached hydrogens (tertiary/aromatic N) is 1. The molecule has 0 radical (unpaired) electrons. The van der Waals surface area contributed by atoms with Crippen LogP contribution in [0, 0.1) is 17.7 Å². The Balaban J connectivity index is 0.00000161. The molecule has 2 atom stereocenters. The van der Waals surface area contributed by atoms with Gasteiger partial charge in [0.2, 0.25) is 0 Å². The van der Waals surface area contributed by atoms with E-state index >= 15 is 0 Å². The van der Waals surface area contributed by atoms with Gasteiger partial charge in [-0.05, 0) is 49.5 Å². The number of rotatable bonds is 2. The first kappa shape index (κ1) is 16.0. The van der Waals surface area contributed by atoms with Crippen LogP contribution in [0.5, 0.6) is 5.75 Å². The maximum Gasteiger partial charge on any atom is 0.253 e. The van der Waals surface area contributed by atoms with Crippen LogP contribution in [-0.4, -0.2) is 44.1 Å². The first-order valence-corrected chi connectivity index (χ1v) is 7.02. The van der Waals surface area contributed by atoms with Crippen LogP contribution in [0.2, 0.25) is 0 Å². The quantitative estimate of drug-likeness (QED) is 0.907. The number of fused-ring (bicyclic) bond motifs is 1. The number of hydrogen-bond acceptors (Lipinski definition) is 3. The van der Waals surface area contributed by atoms with Crippen molar-refractivity contribution in [2.75, 3.05) is 33.3 Å². The average Bonchev–Trinajstić information content (AvgIpc) is 2.93. The fourth-order valence-electron chi connectivity index (χ4n) is 3.20. The van der Waals surface area contributed by atoms with Crippen molar-refractivity contribution in [3.63, 3.8) is 0 Å². The number of carbonyl (C=O) groups is 1. The van der Waals surface area contributed by atoms with Gasteiger partial charge in [-0.2, -0.15) is 0 Å². The molecule has 4 nitrogen and oxygen atoms in total. The Kier molecular flexibility index (Phi) is 5.06. The molecule has 0 aliphatic carbocycles. The molecule has 0 spiro atoms. The Morgan fingerprint density at radius 1 is 1.38 bits per heavy atom. The van der Waals surface area contributed by atoms with E-state index < -0.39 is 5.82 Å². The number of carbonyl (C=O) groups excluding carboxylic acids is 1. The van der Waals surface area contributed by atoms with Crippen molar-refractivity contribution in [2.45, 2.75) is 6.42 Å². The molecule has 0 aromatic heterocycles. The van der Waals surface area contributed by atoms with Crippen LogP contribution >= 0.6 is 12.4 Å². The highest BCUT2D eigenvalue weighted by Gasteiger charge is 2.34. The minimum absolute atomic E-state index is 0. The molecular formula is C15H20ClFN2O2. The second-order valence-electron chi connectivity index (χ2n) is 5.57. The van der Waals surface area contributed by atoms with Gasteiger partial charge < -0.3 is 15.0 Å². The topological polar surface area (TPSA) is 41.6 Å². The van der Waals surface area contributed by atoms with Crippen LogP contribution in [0.3, 0.4) is 0 Å². The van der Waals surface area contributed by atoms with E-state index in [4.69, 9.17) is 4.74 Å². The van der Waals surface area contributed by atoms with Gasteiger partial charge in [-0.1, -0.05) is 0 Å². The van der Waals surface area contributed by atoms with E-state index in [1.165, 1.54) is 19.2 Å². The molecule has 1 amide bonds. The van der Waals surface area contributed by atoms with Crippen molar-refractivity contribution in [3.8, 4) is 5.75 Å². The summed E-state index contributed by atoms with van der Waals surface area (Å²) >= 11 is 0. The largest absolute Gasteiger partial charge is 0.494 e. The zero-order valence-corrected chi connectivity index (χ0v) is 12.8. The molecule has 1 aromatic rings. The highest BCUT2D eigenvalue weighted by molar-refractivity contribution is 5.94. The summed E-state index contributed by atoms with van der Waals surface area (Å²) < 4.78 is 18.6. The highest BCUT2D eigenvalue weighted by Crippen LogP contribution is 2.28. The lowest BCUT2D eigenvalue weighted by atomic mass is 9.88. The molecule has 0 saturated carbocycles. The molecular weight excluding hydrogens is 295 g/mol. The number of benzene rings is 1. The summed E-state index contributed by atoms with van der Waals surface area (Å²) in [6, 6.07) is 4.40. The predicted molar refractivity (Wildman–Crippen MR) is 80.6 cm³/mol. The molecule has 1 N–H and O–H groups in total. The maximum absolute atomic E-state index is 13.7. The molecule has 2 unspecified atom stereocenters. The van der Waals surface area contributed by atoms with E-state index in [2.05, 4.69) is 5.32 Å². The van der Waals surface area contributed by atoms with Gasteiger partial charge in [0.15, 0.2) is 11.6 Å². The summed E-state index contributed by atoms with van der Waals surface area (Å²) in [7, 11) is 1.41. The molecule has 6 heteroatoms. The number of nitrogens with one attached hydrogen (secondary N) is 1. The van der Waals surface area contributed by atoms with Crippen LogP contribution in [0.1, 0.15) is 16.8 Å². The number of likely N-dealkylation sites (tertiary alicyclic amines) is 1. The fourth-order valence-corrected chi connectivity index (χ4v) is 3.20. The van der Waals surface area contributed by atoms with E-state index in [9.17, 15) is 9.18 Å². The number of ether oxygens (including phenoxy) is 1. The van der Waals surface area contributed by atoms with Gasteiger partial charge in [0.05, 0.1) is 7.11 Å². The average molecular weight is 315 g/mol. The van der Waals surface area contributed by atoms with Crippen molar-refractivity contribution in [3.05, 3.63) is 29.6 Å². The van der Waals surface area contributed by atoms with Crippen LogP contribution in [0.15, 0.2) is 18.2 Å². The predicted octanol–water partition coefficient (Wildman–Crippen LogP) is 1.94. The fraction of sp³-hybridized carbons (Fsp3) is 0.533. The zero-order valence-electron chi connectivity index (χ0n) is 12.0.